The van der Waals surface area contributed by atoms with Crippen LogP contribution >= 0.6 is 11.6 Å². The Morgan fingerprint density at radius 3 is 2.59 bits per heavy atom. The second-order valence-corrected chi connectivity index (χ2v) is 4.16. The zero-order valence-corrected chi connectivity index (χ0v) is 10.2. The molecule has 0 spiro atoms. The molecule has 17 heavy (non-hydrogen) atoms. The summed E-state index contributed by atoms with van der Waals surface area (Å²) in [4.78, 5) is 4.13. The van der Waals surface area contributed by atoms with Gasteiger partial charge in [0.1, 0.15) is 10.8 Å². The number of aryl methyl sites for hydroxylation is 1. The molecule has 0 radical (unpaired) electrons. The summed E-state index contributed by atoms with van der Waals surface area (Å²) in [6.07, 6.45) is 1.66. The fraction of sp³-hybridized carbons (Fsp3) is 0.154. The van der Waals surface area contributed by atoms with Crippen LogP contribution in [0.2, 0.25) is 5.02 Å². The first kappa shape index (κ1) is 11.9. The summed E-state index contributed by atoms with van der Waals surface area (Å²) in [5.41, 5.74) is 7.56. The molecule has 0 saturated carbocycles. The molecule has 0 saturated heterocycles. The lowest BCUT2D eigenvalue weighted by Crippen LogP contribution is -1.98. The Bertz CT molecular complexity index is 511. The number of benzene rings is 1. The number of halogens is 1. The Balaban J connectivity index is 2.21. The van der Waals surface area contributed by atoms with Crippen molar-refractivity contribution >= 4 is 11.6 Å². The van der Waals surface area contributed by atoms with Crippen LogP contribution in [0.4, 0.5) is 0 Å². The van der Waals surface area contributed by atoms with Gasteiger partial charge in [-0.05, 0) is 30.7 Å². The van der Waals surface area contributed by atoms with E-state index >= 15 is 0 Å². The normalized spacial score (nSPS) is 10.3. The summed E-state index contributed by atoms with van der Waals surface area (Å²) in [6, 6.07) is 9.46. The largest absolute Gasteiger partial charge is 0.438 e. The van der Waals surface area contributed by atoms with Crippen molar-refractivity contribution in [1.29, 1.82) is 0 Å². The summed E-state index contributed by atoms with van der Waals surface area (Å²) in [6.45, 7) is 2.43. The van der Waals surface area contributed by atoms with E-state index in [2.05, 4.69) is 4.98 Å². The minimum atomic E-state index is 0.396. The average molecular weight is 249 g/mol. The van der Waals surface area contributed by atoms with Gasteiger partial charge in [0, 0.05) is 12.7 Å². The zero-order chi connectivity index (χ0) is 12.3. The van der Waals surface area contributed by atoms with E-state index in [1.54, 1.807) is 12.3 Å². The van der Waals surface area contributed by atoms with Crippen molar-refractivity contribution < 1.29 is 4.74 Å². The van der Waals surface area contributed by atoms with Crippen molar-refractivity contribution in [2.75, 3.05) is 0 Å². The zero-order valence-electron chi connectivity index (χ0n) is 9.48. The highest BCUT2D eigenvalue weighted by Gasteiger charge is 2.05. The number of nitrogens with two attached hydrogens (primary N) is 1. The standard InChI is InChI=1S/C13H13ClN2O/c1-9-2-4-11(5-3-9)17-13-12(14)6-10(7-15)8-16-13/h2-6,8H,7,15H2,1H3. The van der Waals surface area contributed by atoms with Gasteiger partial charge >= 0.3 is 0 Å². The van der Waals surface area contributed by atoms with Crippen LogP contribution in [0.15, 0.2) is 36.5 Å². The minimum absolute atomic E-state index is 0.396. The number of nitrogens with zero attached hydrogens (tertiary/aromatic N) is 1. The van der Waals surface area contributed by atoms with E-state index in [1.807, 2.05) is 31.2 Å². The molecule has 0 unspecified atom stereocenters. The Hall–Kier alpha value is -1.58. The van der Waals surface area contributed by atoms with E-state index in [9.17, 15) is 0 Å². The van der Waals surface area contributed by atoms with E-state index < -0.39 is 0 Å². The minimum Gasteiger partial charge on any atom is -0.438 e. The lowest BCUT2D eigenvalue weighted by molar-refractivity contribution is 0.462. The van der Waals surface area contributed by atoms with Crippen molar-refractivity contribution in [2.45, 2.75) is 13.5 Å². The molecule has 0 amide bonds. The number of hydrogen-bond donors (Lipinski definition) is 1. The van der Waals surface area contributed by atoms with Crippen molar-refractivity contribution in [3.63, 3.8) is 0 Å². The molecule has 1 aromatic carbocycles. The van der Waals surface area contributed by atoms with Crippen LogP contribution in [0.25, 0.3) is 0 Å². The monoisotopic (exact) mass is 248 g/mol. The molecule has 0 aliphatic rings. The second-order valence-electron chi connectivity index (χ2n) is 3.75. The Kier molecular flexibility index (Phi) is 3.61. The highest BCUT2D eigenvalue weighted by atomic mass is 35.5. The average Bonchev–Trinajstić information content (AvgIpc) is 2.34. The van der Waals surface area contributed by atoms with Crippen molar-refractivity contribution in [2.24, 2.45) is 5.73 Å². The molecule has 0 fully saturated rings. The Morgan fingerprint density at radius 1 is 1.29 bits per heavy atom. The van der Waals surface area contributed by atoms with Crippen LogP contribution in [0.5, 0.6) is 11.6 Å². The molecule has 1 heterocycles. The number of pyridine rings is 1. The Morgan fingerprint density at radius 2 is 2.00 bits per heavy atom. The molecule has 2 aromatic rings. The highest BCUT2D eigenvalue weighted by Crippen LogP contribution is 2.27. The fourth-order valence-corrected chi connectivity index (χ4v) is 1.60. The fourth-order valence-electron chi connectivity index (χ4n) is 1.37. The molecule has 0 atom stereocenters. The van der Waals surface area contributed by atoms with Gasteiger partial charge in [0.05, 0.1) is 0 Å². The molecule has 1 aromatic heterocycles. The second kappa shape index (κ2) is 5.17. The SMILES string of the molecule is Cc1ccc(Oc2ncc(CN)cc2Cl)cc1. The van der Waals surface area contributed by atoms with Crippen molar-refractivity contribution in [3.05, 3.63) is 52.7 Å². The molecular formula is C13H13ClN2O. The third-order valence-corrected chi connectivity index (χ3v) is 2.61. The number of rotatable bonds is 3. The highest BCUT2D eigenvalue weighted by molar-refractivity contribution is 6.31. The first-order valence-corrected chi connectivity index (χ1v) is 5.66. The van der Waals surface area contributed by atoms with E-state index in [-0.39, 0.29) is 0 Å². The molecule has 3 nitrogen and oxygen atoms in total. The van der Waals surface area contributed by atoms with Gasteiger partial charge in [0.25, 0.3) is 0 Å². The predicted molar refractivity (Wildman–Crippen MR) is 68.4 cm³/mol. The number of ether oxygens (including phenoxy) is 1. The first-order valence-electron chi connectivity index (χ1n) is 5.28. The molecule has 2 rings (SSSR count). The Labute approximate surface area is 105 Å². The van der Waals surface area contributed by atoms with Gasteiger partial charge < -0.3 is 10.5 Å². The van der Waals surface area contributed by atoms with E-state index in [4.69, 9.17) is 22.1 Å². The summed E-state index contributed by atoms with van der Waals surface area (Å²) in [5.74, 6) is 1.11. The molecule has 0 aliphatic carbocycles. The quantitative estimate of drug-likeness (QED) is 0.907. The maximum Gasteiger partial charge on any atom is 0.238 e. The van der Waals surface area contributed by atoms with Crippen LogP contribution < -0.4 is 10.5 Å². The predicted octanol–water partition coefficient (Wildman–Crippen LogP) is 3.29. The van der Waals surface area contributed by atoms with E-state index in [1.165, 1.54) is 5.56 Å². The summed E-state index contributed by atoms with van der Waals surface area (Å²) >= 11 is 6.05. The van der Waals surface area contributed by atoms with E-state index in [0.717, 1.165) is 5.56 Å². The van der Waals surface area contributed by atoms with Crippen LogP contribution in [0, 0.1) is 6.92 Å². The lowest BCUT2D eigenvalue weighted by atomic mass is 10.2. The van der Waals surface area contributed by atoms with Crippen molar-refractivity contribution in [1.82, 2.24) is 4.98 Å². The molecule has 0 aliphatic heterocycles. The molecular weight excluding hydrogens is 236 g/mol. The van der Waals surface area contributed by atoms with Crippen LogP contribution in [0.3, 0.4) is 0 Å². The van der Waals surface area contributed by atoms with Gasteiger partial charge in [-0.2, -0.15) is 0 Å². The summed E-state index contributed by atoms with van der Waals surface area (Å²) in [7, 11) is 0. The molecule has 4 heteroatoms. The molecule has 88 valence electrons. The maximum atomic E-state index is 6.05. The van der Waals surface area contributed by atoms with Crippen LogP contribution in [-0.2, 0) is 6.54 Å². The lowest BCUT2D eigenvalue weighted by Gasteiger charge is -2.07. The smallest absolute Gasteiger partial charge is 0.238 e. The van der Waals surface area contributed by atoms with Crippen LogP contribution in [-0.4, -0.2) is 4.98 Å². The number of aromatic nitrogens is 1. The third-order valence-electron chi connectivity index (χ3n) is 2.34. The van der Waals surface area contributed by atoms with Gasteiger partial charge in [-0.15, -0.1) is 0 Å². The maximum absolute atomic E-state index is 6.05. The van der Waals surface area contributed by atoms with Gasteiger partial charge in [-0.25, -0.2) is 4.98 Å². The number of hydrogen-bond acceptors (Lipinski definition) is 3. The topological polar surface area (TPSA) is 48.1 Å². The van der Waals surface area contributed by atoms with Gasteiger partial charge in [0.2, 0.25) is 5.88 Å². The van der Waals surface area contributed by atoms with Gasteiger partial charge in [-0.3, -0.25) is 0 Å². The first-order chi connectivity index (χ1) is 8.19. The molecule has 0 bridgehead atoms. The summed E-state index contributed by atoms with van der Waals surface area (Å²) < 4.78 is 5.58. The third kappa shape index (κ3) is 2.96. The van der Waals surface area contributed by atoms with Crippen molar-refractivity contribution in [3.8, 4) is 11.6 Å². The molecule has 2 N–H and O–H groups in total. The van der Waals surface area contributed by atoms with Crippen LogP contribution in [0.1, 0.15) is 11.1 Å². The van der Waals surface area contributed by atoms with Gasteiger partial charge in [-0.1, -0.05) is 29.3 Å². The van der Waals surface area contributed by atoms with Gasteiger partial charge in [0.15, 0.2) is 0 Å². The van der Waals surface area contributed by atoms with E-state index in [0.29, 0.717) is 23.2 Å². The summed E-state index contributed by atoms with van der Waals surface area (Å²) in [5, 5.41) is 0.466.